The van der Waals surface area contributed by atoms with Crippen molar-refractivity contribution < 1.29 is 13.2 Å². The topological polar surface area (TPSA) is 0 Å². The minimum Gasteiger partial charge on any atom is -0.206 e. The molecule has 0 nitrogen and oxygen atoms in total. The molecule has 0 amide bonds. The molecule has 0 radical (unpaired) electrons. The Hall–Kier alpha value is -2.81. The molecule has 0 spiro atoms. The first-order chi connectivity index (χ1) is 16.0. The SMILES string of the molecule is C=CCCc1ccc(-c2ccc(-c3ccc(C4CCC(C)CC4)c(F)c3C(F)F)cc2)cc1. The molecule has 3 heteroatoms. The van der Waals surface area contributed by atoms with Gasteiger partial charge in [0.1, 0.15) is 5.82 Å². The van der Waals surface area contributed by atoms with Gasteiger partial charge in [-0.05, 0) is 70.9 Å². The third-order valence-corrected chi connectivity index (χ3v) is 7.00. The van der Waals surface area contributed by atoms with Crippen LogP contribution in [-0.4, -0.2) is 0 Å². The molecule has 0 bridgehead atoms. The number of hydrogen-bond acceptors (Lipinski definition) is 0. The minimum absolute atomic E-state index is 0.0320. The molecule has 1 fully saturated rings. The molecule has 33 heavy (non-hydrogen) atoms. The number of alkyl halides is 2. The van der Waals surface area contributed by atoms with Crippen molar-refractivity contribution in [1.29, 1.82) is 0 Å². The standard InChI is InChI=1S/C30H31F3/c1-3-4-5-21-8-12-22(13-9-21)23-14-16-24(17-15-23)26-18-19-27(29(31)28(26)30(32)33)25-10-6-20(2)7-11-25/h3,8-9,12-20,25,30H,1,4-7,10-11H2,2H3. The molecule has 0 aromatic heterocycles. The van der Waals surface area contributed by atoms with E-state index in [-0.39, 0.29) is 11.5 Å². The van der Waals surface area contributed by atoms with Crippen molar-refractivity contribution in [1.82, 2.24) is 0 Å². The van der Waals surface area contributed by atoms with Crippen LogP contribution in [0, 0.1) is 11.7 Å². The quantitative estimate of drug-likeness (QED) is 0.316. The maximum Gasteiger partial charge on any atom is 0.267 e. The lowest BCUT2D eigenvalue weighted by molar-refractivity contribution is 0.146. The lowest BCUT2D eigenvalue weighted by Crippen LogP contribution is -2.13. The Balaban J connectivity index is 1.60. The maximum absolute atomic E-state index is 15.3. The first-order valence-electron chi connectivity index (χ1n) is 11.9. The van der Waals surface area contributed by atoms with E-state index >= 15 is 4.39 Å². The van der Waals surface area contributed by atoms with Gasteiger partial charge in [0, 0.05) is 0 Å². The van der Waals surface area contributed by atoms with Gasteiger partial charge in [-0.25, -0.2) is 13.2 Å². The van der Waals surface area contributed by atoms with Gasteiger partial charge < -0.3 is 0 Å². The highest BCUT2D eigenvalue weighted by atomic mass is 19.3. The number of hydrogen-bond donors (Lipinski definition) is 0. The first-order valence-corrected chi connectivity index (χ1v) is 11.9. The van der Waals surface area contributed by atoms with Crippen molar-refractivity contribution in [2.45, 2.75) is 57.8 Å². The molecule has 3 aromatic rings. The van der Waals surface area contributed by atoms with E-state index in [1.54, 1.807) is 12.1 Å². The number of allylic oxidation sites excluding steroid dienone is 1. The van der Waals surface area contributed by atoms with Crippen LogP contribution in [0.2, 0.25) is 0 Å². The molecule has 0 saturated heterocycles. The summed E-state index contributed by atoms with van der Waals surface area (Å²) in [5.41, 5.74) is 4.19. The fraction of sp³-hybridized carbons (Fsp3) is 0.333. The Morgan fingerprint density at radius 1 is 0.848 bits per heavy atom. The summed E-state index contributed by atoms with van der Waals surface area (Å²) in [7, 11) is 0. The van der Waals surface area contributed by atoms with Gasteiger partial charge in [0.15, 0.2) is 0 Å². The minimum atomic E-state index is -2.86. The van der Waals surface area contributed by atoms with Gasteiger partial charge in [-0.2, -0.15) is 0 Å². The van der Waals surface area contributed by atoms with E-state index in [1.165, 1.54) is 5.56 Å². The van der Waals surface area contributed by atoms with E-state index in [9.17, 15) is 8.78 Å². The zero-order valence-electron chi connectivity index (χ0n) is 19.2. The normalized spacial score (nSPS) is 18.5. The molecule has 0 heterocycles. The first kappa shape index (κ1) is 23.4. The van der Waals surface area contributed by atoms with E-state index < -0.39 is 17.8 Å². The Bertz CT molecular complexity index is 1070. The molecular formula is C30H31F3. The summed E-state index contributed by atoms with van der Waals surface area (Å²) >= 11 is 0. The molecule has 3 aromatic carbocycles. The van der Waals surface area contributed by atoms with Crippen LogP contribution in [0.4, 0.5) is 13.2 Å². The Morgan fingerprint density at radius 3 is 2.00 bits per heavy atom. The van der Waals surface area contributed by atoms with E-state index in [2.05, 4.69) is 37.8 Å². The second-order valence-electron chi connectivity index (χ2n) is 9.29. The van der Waals surface area contributed by atoms with Crippen molar-refractivity contribution in [3.8, 4) is 22.3 Å². The highest BCUT2D eigenvalue weighted by Crippen LogP contribution is 2.41. The summed E-state index contributed by atoms with van der Waals surface area (Å²) < 4.78 is 43.4. The molecule has 1 aliphatic rings. The molecule has 4 rings (SSSR count). The number of rotatable bonds is 7. The summed E-state index contributed by atoms with van der Waals surface area (Å²) in [6.45, 7) is 5.95. The van der Waals surface area contributed by atoms with E-state index in [0.29, 0.717) is 17.0 Å². The number of halogens is 3. The molecule has 0 atom stereocenters. The Labute approximate surface area is 195 Å². The zero-order valence-corrected chi connectivity index (χ0v) is 19.2. The Morgan fingerprint density at radius 2 is 1.42 bits per heavy atom. The number of aryl methyl sites for hydroxylation is 1. The van der Waals surface area contributed by atoms with E-state index in [4.69, 9.17) is 0 Å². The smallest absolute Gasteiger partial charge is 0.206 e. The summed E-state index contributed by atoms with van der Waals surface area (Å²) in [4.78, 5) is 0. The molecule has 0 aliphatic heterocycles. The molecule has 1 saturated carbocycles. The highest BCUT2D eigenvalue weighted by molar-refractivity contribution is 5.73. The van der Waals surface area contributed by atoms with Gasteiger partial charge in [0.05, 0.1) is 5.56 Å². The summed E-state index contributed by atoms with van der Waals surface area (Å²) in [5.74, 6) is -0.0640. The fourth-order valence-corrected chi connectivity index (χ4v) is 4.94. The van der Waals surface area contributed by atoms with Crippen LogP contribution in [0.15, 0.2) is 73.3 Å². The van der Waals surface area contributed by atoms with Crippen LogP contribution in [-0.2, 0) is 6.42 Å². The predicted molar refractivity (Wildman–Crippen MR) is 131 cm³/mol. The third kappa shape index (κ3) is 5.24. The second-order valence-corrected chi connectivity index (χ2v) is 9.29. The largest absolute Gasteiger partial charge is 0.267 e. The van der Waals surface area contributed by atoms with Crippen LogP contribution < -0.4 is 0 Å². The van der Waals surface area contributed by atoms with E-state index in [0.717, 1.165) is 49.7 Å². The molecule has 172 valence electrons. The fourth-order valence-electron chi connectivity index (χ4n) is 4.94. The van der Waals surface area contributed by atoms with Crippen LogP contribution in [0.3, 0.4) is 0 Å². The summed E-state index contributed by atoms with van der Waals surface area (Å²) in [6.07, 6.45) is 4.72. The van der Waals surface area contributed by atoms with Crippen LogP contribution in [0.25, 0.3) is 22.3 Å². The van der Waals surface area contributed by atoms with Crippen molar-refractivity contribution in [2.75, 3.05) is 0 Å². The zero-order chi connectivity index (χ0) is 23.4. The Kier molecular flexibility index (Phi) is 7.37. The molecule has 1 aliphatic carbocycles. The lowest BCUT2D eigenvalue weighted by atomic mass is 9.78. The predicted octanol–water partition coefficient (Wildman–Crippen LogP) is 9.51. The summed E-state index contributed by atoms with van der Waals surface area (Å²) in [5, 5.41) is 0. The van der Waals surface area contributed by atoms with Gasteiger partial charge in [0.25, 0.3) is 6.43 Å². The average molecular weight is 449 g/mol. The monoisotopic (exact) mass is 448 g/mol. The number of benzene rings is 3. The van der Waals surface area contributed by atoms with Crippen molar-refractivity contribution >= 4 is 0 Å². The van der Waals surface area contributed by atoms with Crippen LogP contribution in [0.5, 0.6) is 0 Å². The summed E-state index contributed by atoms with van der Waals surface area (Å²) in [6, 6.07) is 19.2. The van der Waals surface area contributed by atoms with Crippen molar-refractivity contribution in [2.24, 2.45) is 5.92 Å². The van der Waals surface area contributed by atoms with Crippen LogP contribution in [0.1, 0.15) is 68.1 Å². The van der Waals surface area contributed by atoms with Gasteiger partial charge in [-0.3, -0.25) is 0 Å². The maximum atomic E-state index is 15.3. The second kappa shape index (κ2) is 10.4. The van der Waals surface area contributed by atoms with Gasteiger partial charge in [-0.15, -0.1) is 6.58 Å². The molecule has 0 unspecified atom stereocenters. The highest BCUT2D eigenvalue weighted by Gasteiger charge is 2.27. The average Bonchev–Trinajstić information content (AvgIpc) is 2.83. The third-order valence-electron chi connectivity index (χ3n) is 7.00. The molecule has 0 N–H and O–H groups in total. The van der Waals surface area contributed by atoms with Gasteiger partial charge in [-0.1, -0.05) is 86.5 Å². The van der Waals surface area contributed by atoms with Gasteiger partial charge in [0.2, 0.25) is 0 Å². The van der Waals surface area contributed by atoms with Crippen molar-refractivity contribution in [3.05, 3.63) is 95.8 Å². The van der Waals surface area contributed by atoms with Crippen LogP contribution >= 0.6 is 0 Å². The molecular weight excluding hydrogens is 417 g/mol. The van der Waals surface area contributed by atoms with Gasteiger partial charge >= 0.3 is 0 Å². The lowest BCUT2D eigenvalue weighted by Gasteiger charge is -2.27. The van der Waals surface area contributed by atoms with Crippen molar-refractivity contribution in [3.63, 3.8) is 0 Å². The van der Waals surface area contributed by atoms with E-state index in [1.807, 2.05) is 30.3 Å².